The standard InChI is InChI=1S/C15H24N2O2.ClH/c1-10-8-11(2)19-14(10)15(18)17-13(9-16)12-6-4-3-5-7-12;/h8,12-13H,3-7,9,16H2,1-2H3,(H,17,18);1H. The molecule has 0 aromatic carbocycles. The fraction of sp³-hybridized carbons (Fsp3) is 0.667. The summed E-state index contributed by atoms with van der Waals surface area (Å²) in [4.78, 5) is 12.2. The molecule has 1 heterocycles. The first kappa shape index (κ1) is 17.1. The molecule has 1 aliphatic carbocycles. The van der Waals surface area contributed by atoms with E-state index in [-0.39, 0.29) is 24.4 Å². The molecule has 5 heteroatoms. The molecule has 1 amide bonds. The van der Waals surface area contributed by atoms with E-state index in [0.717, 1.165) is 24.2 Å². The van der Waals surface area contributed by atoms with Crippen molar-refractivity contribution in [2.45, 2.75) is 52.0 Å². The number of rotatable bonds is 4. The van der Waals surface area contributed by atoms with Crippen molar-refractivity contribution in [1.82, 2.24) is 5.32 Å². The van der Waals surface area contributed by atoms with Gasteiger partial charge >= 0.3 is 0 Å². The zero-order chi connectivity index (χ0) is 13.8. The molecule has 0 bridgehead atoms. The number of amides is 1. The average molecular weight is 301 g/mol. The summed E-state index contributed by atoms with van der Waals surface area (Å²) < 4.78 is 5.46. The van der Waals surface area contributed by atoms with E-state index in [9.17, 15) is 4.79 Å². The van der Waals surface area contributed by atoms with Gasteiger partial charge in [0.15, 0.2) is 5.76 Å². The molecule has 1 aromatic rings. The van der Waals surface area contributed by atoms with Crippen molar-refractivity contribution >= 4 is 18.3 Å². The Hall–Kier alpha value is -1.00. The quantitative estimate of drug-likeness (QED) is 0.898. The van der Waals surface area contributed by atoms with Crippen molar-refractivity contribution in [2.75, 3.05) is 6.54 Å². The first-order chi connectivity index (χ1) is 9.11. The Bertz CT molecular complexity index is 439. The van der Waals surface area contributed by atoms with Crippen LogP contribution < -0.4 is 11.1 Å². The van der Waals surface area contributed by atoms with Crippen molar-refractivity contribution in [3.8, 4) is 0 Å². The predicted octanol–water partition coefficient (Wildman–Crippen LogP) is 2.96. The highest BCUT2D eigenvalue weighted by Gasteiger charge is 2.25. The molecule has 0 saturated heterocycles. The lowest BCUT2D eigenvalue weighted by Crippen LogP contribution is -2.46. The summed E-state index contributed by atoms with van der Waals surface area (Å²) in [5.41, 5.74) is 6.71. The summed E-state index contributed by atoms with van der Waals surface area (Å²) in [6.07, 6.45) is 6.13. The van der Waals surface area contributed by atoms with E-state index in [1.54, 1.807) is 0 Å². The van der Waals surface area contributed by atoms with Gasteiger partial charge in [-0.05, 0) is 38.7 Å². The molecule has 3 N–H and O–H groups in total. The minimum atomic E-state index is -0.133. The van der Waals surface area contributed by atoms with Crippen LogP contribution in [0.1, 0.15) is 54.0 Å². The van der Waals surface area contributed by atoms with E-state index in [2.05, 4.69) is 5.32 Å². The zero-order valence-corrected chi connectivity index (χ0v) is 13.1. The minimum Gasteiger partial charge on any atom is -0.456 e. The Morgan fingerprint density at radius 1 is 1.40 bits per heavy atom. The topological polar surface area (TPSA) is 68.3 Å². The van der Waals surface area contributed by atoms with Gasteiger partial charge in [0.25, 0.3) is 5.91 Å². The van der Waals surface area contributed by atoms with Crippen LogP contribution in [0.3, 0.4) is 0 Å². The van der Waals surface area contributed by atoms with Gasteiger partial charge in [0.05, 0.1) is 0 Å². The number of hydrogen-bond donors (Lipinski definition) is 2. The second kappa shape index (κ2) is 7.70. The third-order valence-electron chi connectivity index (χ3n) is 4.04. The van der Waals surface area contributed by atoms with Crippen molar-refractivity contribution in [2.24, 2.45) is 11.7 Å². The maximum Gasteiger partial charge on any atom is 0.287 e. The molecule has 1 saturated carbocycles. The van der Waals surface area contributed by atoms with Gasteiger partial charge in [-0.3, -0.25) is 4.79 Å². The Morgan fingerprint density at radius 2 is 2.05 bits per heavy atom. The Kier molecular flexibility index (Phi) is 6.56. The number of nitrogens with one attached hydrogen (secondary N) is 1. The van der Waals surface area contributed by atoms with Gasteiger partial charge in [-0.2, -0.15) is 0 Å². The first-order valence-corrected chi connectivity index (χ1v) is 7.19. The fourth-order valence-corrected chi connectivity index (χ4v) is 3.01. The number of halogens is 1. The van der Waals surface area contributed by atoms with E-state index in [1.165, 1.54) is 19.3 Å². The maximum absolute atomic E-state index is 12.2. The number of hydrogen-bond acceptors (Lipinski definition) is 3. The lowest BCUT2D eigenvalue weighted by molar-refractivity contribution is 0.0885. The monoisotopic (exact) mass is 300 g/mol. The van der Waals surface area contributed by atoms with Crippen molar-refractivity contribution in [1.29, 1.82) is 0 Å². The largest absolute Gasteiger partial charge is 0.456 e. The molecule has 0 aliphatic heterocycles. The highest BCUT2D eigenvalue weighted by Crippen LogP contribution is 2.26. The van der Waals surface area contributed by atoms with Crippen LogP contribution >= 0.6 is 12.4 Å². The van der Waals surface area contributed by atoms with Crippen LogP contribution in [0.4, 0.5) is 0 Å². The molecule has 1 aromatic heterocycles. The average Bonchev–Trinajstić information content (AvgIpc) is 2.76. The van der Waals surface area contributed by atoms with Crippen LogP contribution in [0.5, 0.6) is 0 Å². The third kappa shape index (κ3) is 4.00. The van der Waals surface area contributed by atoms with E-state index >= 15 is 0 Å². The van der Waals surface area contributed by atoms with Crippen molar-refractivity contribution < 1.29 is 9.21 Å². The maximum atomic E-state index is 12.2. The summed E-state index contributed by atoms with van der Waals surface area (Å²) in [6.45, 7) is 4.24. The summed E-state index contributed by atoms with van der Waals surface area (Å²) >= 11 is 0. The molecule has 0 radical (unpaired) electrons. The summed E-state index contributed by atoms with van der Waals surface area (Å²) in [6, 6.07) is 1.95. The molecule has 114 valence electrons. The van der Waals surface area contributed by atoms with Crippen LogP contribution in [-0.4, -0.2) is 18.5 Å². The predicted molar refractivity (Wildman–Crippen MR) is 82.3 cm³/mol. The molecular formula is C15H25ClN2O2. The van der Waals surface area contributed by atoms with E-state index in [1.807, 2.05) is 19.9 Å². The van der Waals surface area contributed by atoms with E-state index < -0.39 is 0 Å². The Balaban J connectivity index is 0.00000200. The highest BCUT2D eigenvalue weighted by molar-refractivity contribution is 5.93. The van der Waals surface area contributed by atoms with Crippen LogP contribution in [0.2, 0.25) is 0 Å². The molecule has 1 aliphatic rings. The number of nitrogens with two attached hydrogens (primary N) is 1. The van der Waals surface area contributed by atoms with Gasteiger partial charge in [0, 0.05) is 18.2 Å². The van der Waals surface area contributed by atoms with Gasteiger partial charge in [0.2, 0.25) is 0 Å². The Labute approximate surface area is 126 Å². The van der Waals surface area contributed by atoms with E-state index in [0.29, 0.717) is 18.2 Å². The number of carbonyl (C=O) groups is 1. The number of furan rings is 1. The first-order valence-electron chi connectivity index (χ1n) is 7.19. The molecule has 1 atom stereocenters. The molecule has 1 fully saturated rings. The van der Waals surface area contributed by atoms with Gasteiger partial charge in [0.1, 0.15) is 5.76 Å². The number of carbonyl (C=O) groups excluding carboxylic acids is 1. The lowest BCUT2D eigenvalue weighted by atomic mass is 9.84. The summed E-state index contributed by atoms with van der Waals surface area (Å²) in [7, 11) is 0. The van der Waals surface area contributed by atoms with Crippen molar-refractivity contribution in [3.63, 3.8) is 0 Å². The fourth-order valence-electron chi connectivity index (χ4n) is 3.01. The molecule has 4 nitrogen and oxygen atoms in total. The van der Waals surface area contributed by atoms with Gasteiger partial charge in [-0.1, -0.05) is 19.3 Å². The second-order valence-electron chi connectivity index (χ2n) is 5.58. The lowest BCUT2D eigenvalue weighted by Gasteiger charge is -2.29. The van der Waals surface area contributed by atoms with Crippen LogP contribution in [0, 0.1) is 19.8 Å². The van der Waals surface area contributed by atoms with Crippen LogP contribution in [0.15, 0.2) is 10.5 Å². The smallest absolute Gasteiger partial charge is 0.287 e. The molecule has 20 heavy (non-hydrogen) atoms. The number of aryl methyl sites for hydroxylation is 2. The second-order valence-corrected chi connectivity index (χ2v) is 5.58. The third-order valence-corrected chi connectivity index (χ3v) is 4.04. The van der Waals surface area contributed by atoms with Gasteiger partial charge < -0.3 is 15.5 Å². The van der Waals surface area contributed by atoms with Gasteiger partial charge in [-0.15, -0.1) is 12.4 Å². The molecule has 1 unspecified atom stereocenters. The SMILES string of the molecule is Cc1cc(C)c(C(=O)NC(CN)C2CCCCC2)o1.Cl. The van der Waals surface area contributed by atoms with Crippen LogP contribution in [-0.2, 0) is 0 Å². The minimum absolute atomic E-state index is 0. The normalized spacial score (nSPS) is 17.4. The molecule has 2 rings (SSSR count). The zero-order valence-electron chi connectivity index (χ0n) is 12.3. The van der Waals surface area contributed by atoms with Crippen molar-refractivity contribution in [3.05, 3.63) is 23.2 Å². The van der Waals surface area contributed by atoms with Gasteiger partial charge in [-0.25, -0.2) is 0 Å². The Morgan fingerprint density at radius 3 is 2.55 bits per heavy atom. The summed E-state index contributed by atoms with van der Waals surface area (Å²) in [5, 5.41) is 3.05. The summed E-state index contributed by atoms with van der Waals surface area (Å²) in [5.74, 6) is 1.57. The molecule has 0 spiro atoms. The highest BCUT2D eigenvalue weighted by atomic mass is 35.5. The van der Waals surface area contributed by atoms with E-state index in [4.69, 9.17) is 10.2 Å². The van der Waals surface area contributed by atoms with Crippen LogP contribution in [0.25, 0.3) is 0 Å². The molecular weight excluding hydrogens is 276 g/mol.